The Bertz CT molecular complexity index is 1050. The highest BCUT2D eigenvalue weighted by Gasteiger charge is 2.39. The molecule has 0 bridgehead atoms. The second kappa shape index (κ2) is 9.65. The smallest absolute Gasteiger partial charge is 0.363 e. The highest BCUT2D eigenvalue weighted by molar-refractivity contribution is 6.30. The van der Waals surface area contributed by atoms with E-state index in [1.54, 1.807) is 6.92 Å². The summed E-state index contributed by atoms with van der Waals surface area (Å²) in [6, 6.07) is 0.834. The van der Waals surface area contributed by atoms with Crippen molar-refractivity contribution in [3.05, 3.63) is 57.3 Å². The molecule has 3 rings (SSSR count). The topological polar surface area (TPSA) is 101 Å². The molecule has 1 aliphatic heterocycles. The van der Waals surface area contributed by atoms with Crippen LogP contribution < -0.4 is 11.2 Å². The molecular weight excluding hydrogens is 454 g/mol. The van der Waals surface area contributed by atoms with Gasteiger partial charge in [-0.15, -0.1) is 5.10 Å². The molecule has 0 spiro atoms. The molecule has 1 aromatic heterocycles. The molecule has 0 fully saturated rings. The molecule has 32 heavy (non-hydrogen) atoms. The van der Waals surface area contributed by atoms with E-state index in [9.17, 15) is 22.4 Å². The molecule has 2 heterocycles. The van der Waals surface area contributed by atoms with E-state index < -0.39 is 18.0 Å². The molecule has 1 aliphatic rings. The summed E-state index contributed by atoms with van der Waals surface area (Å²) in [5, 5.41) is 12.4. The number of carbonyl (C=O) groups is 1. The molecule has 1 amide bonds. The maximum absolute atomic E-state index is 13.6. The van der Waals surface area contributed by atoms with Crippen LogP contribution in [0.3, 0.4) is 0 Å². The molecule has 1 atom stereocenters. The van der Waals surface area contributed by atoms with Gasteiger partial charge in [-0.05, 0) is 30.2 Å². The molecule has 0 aliphatic carbocycles. The van der Waals surface area contributed by atoms with E-state index in [0.29, 0.717) is 42.3 Å². The Morgan fingerprint density at radius 2 is 2.19 bits per heavy atom. The Balaban J connectivity index is 1.85. The number of benzene rings is 1. The fourth-order valence-corrected chi connectivity index (χ4v) is 3.62. The van der Waals surface area contributed by atoms with Crippen LogP contribution >= 0.6 is 11.6 Å². The largest absolute Gasteiger partial charge is 0.407 e. The Morgan fingerprint density at radius 3 is 2.84 bits per heavy atom. The van der Waals surface area contributed by atoms with E-state index >= 15 is 0 Å². The summed E-state index contributed by atoms with van der Waals surface area (Å²) < 4.78 is 54.6. The van der Waals surface area contributed by atoms with Crippen molar-refractivity contribution in [1.29, 1.82) is 0 Å². The number of amides is 1. The van der Waals surface area contributed by atoms with E-state index in [-0.39, 0.29) is 17.7 Å². The number of nitrogens with zero attached hydrogens (tertiary/aromatic N) is 5. The van der Waals surface area contributed by atoms with Crippen LogP contribution in [0.1, 0.15) is 35.5 Å². The lowest BCUT2D eigenvalue weighted by Gasteiger charge is -2.29. The molecule has 1 unspecified atom stereocenters. The van der Waals surface area contributed by atoms with E-state index in [2.05, 4.69) is 20.8 Å². The number of carbonyl (C=O) groups excluding carboxylic acids is 1. The predicted octanol–water partition coefficient (Wildman–Crippen LogP) is 2.59. The zero-order valence-electron chi connectivity index (χ0n) is 16.9. The van der Waals surface area contributed by atoms with Crippen LogP contribution in [-0.2, 0) is 24.3 Å². The Labute approximate surface area is 185 Å². The lowest BCUT2D eigenvalue weighted by molar-refractivity contribution is -0.149. The standard InChI is InChI=1S/C19H20ClF4N7O/c1-11(20)17(7-26-27-10-32)30-5-4-16-15(9-30)28-29-31(16)8-12-2-3-13(21)6-14(12)18(25)19(22,23)24/h2-3,6-7,10,18H,4-5,8-9,25H2,1H3,(H,27,32)/b17-11-,26-7-. The average Bonchev–Trinajstić information content (AvgIpc) is 3.13. The van der Waals surface area contributed by atoms with E-state index in [4.69, 9.17) is 17.3 Å². The molecule has 13 heteroatoms. The Hall–Kier alpha value is -2.99. The minimum Gasteiger partial charge on any atom is -0.363 e. The second-order valence-electron chi connectivity index (χ2n) is 7.10. The van der Waals surface area contributed by atoms with Crippen LogP contribution in [0.25, 0.3) is 0 Å². The van der Waals surface area contributed by atoms with Crippen LogP contribution in [0.15, 0.2) is 34.0 Å². The second-order valence-corrected chi connectivity index (χ2v) is 7.67. The van der Waals surface area contributed by atoms with E-state index in [1.807, 2.05) is 4.90 Å². The first-order chi connectivity index (χ1) is 15.1. The first kappa shape index (κ1) is 23.7. The van der Waals surface area contributed by atoms with E-state index in [1.165, 1.54) is 17.0 Å². The summed E-state index contributed by atoms with van der Waals surface area (Å²) in [7, 11) is 0. The van der Waals surface area contributed by atoms with Crippen molar-refractivity contribution >= 4 is 24.2 Å². The van der Waals surface area contributed by atoms with Gasteiger partial charge in [-0.1, -0.05) is 22.9 Å². The summed E-state index contributed by atoms with van der Waals surface area (Å²) in [4.78, 5) is 12.3. The van der Waals surface area contributed by atoms with Gasteiger partial charge in [0.1, 0.15) is 17.6 Å². The fraction of sp³-hybridized carbons (Fsp3) is 0.368. The van der Waals surface area contributed by atoms with Gasteiger partial charge in [0.25, 0.3) is 0 Å². The number of alkyl halides is 3. The number of allylic oxidation sites excluding steroid dienone is 2. The van der Waals surface area contributed by atoms with Gasteiger partial charge in [0, 0.05) is 18.0 Å². The number of hydrazone groups is 1. The minimum absolute atomic E-state index is 0.0380. The van der Waals surface area contributed by atoms with Crippen LogP contribution in [0.2, 0.25) is 0 Å². The van der Waals surface area contributed by atoms with Crippen molar-refractivity contribution in [2.24, 2.45) is 10.8 Å². The normalized spacial score (nSPS) is 16.0. The van der Waals surface area contributed by atoms with Crippen LogP contribution in [-0.4, -0.2) is 45.2 Å². The summed E-state index contributed by atoms with van der Waals surface area (Å²) >= 11 is 6.15. The zero-order valence-corrected chi connectivity index (χ0v) is 17.7. The number of aromatic nitrogens is 3. The summed E-state index contributed by atoms with van der Waals surface area (Å²) in [6.07, 6.45) is -2.40. The summed E-state index contributed by atoms with van der Waals surface area (Å²) in [6.45, 7) is 2.48. The Morgan fingerprint density at radius 1 is 1.44 bits per heavy atom. The van der Waals surface area contributed by atoms with Gasteiger partial charge >= 0.3 is 6.18 Å². The lowest BCUT2D eigenvalue weighted by Crippen LogP contribution is -2.32. The predicted molar refractivity (Wildman–Crippen MR) is 109 cm³/mol. The molecule has 1 aromatic carbocycles. The Kier molecular flexibility index (Phi) is 7.14. The van der Waals surface area contributed by atoms with Gasteiger partial charge < -0.3 is 10.6 Å². The first-order valence-corrected chi connectivity index (χ1v) is 9.85. The quantitative estimate of drug-likeness (QED) is 0.278. The third-order valence-electron chi connectivity index (χ3n) is 5.00. The number of nitrogens with one attached hydrogen (secondary N) is 1. The summed E-state index contributed by atoms with van der Waals surface area (Å²) in [5.74, 6) is -0.804. The maximum atomic E-state index is 13.6. The lowest BCUT2D eigenvalue weighted by atomic mass is 10.00. The number of hydrogen-bond acceptors (Lipinski definition) is 6. The SMILES string of the molecule is C/C(Cl)=C(\C=N/NC=O)N1CCc2c(nnn2Cc2ccc(F)cc2C(N)C(F)(F)F)C1. The van der Waals surface area contributed by atoms with Crippen LogP contribution in [0, 0.1) is 5.82 Å². The number of fused-ring (bicyclic) bond motifs is 1. The number of rotatable bonds is 7. The average molecular weight is 474 g/mol. The van der Waals surface area contributed by atoms with Crippen LogP contribution in [0.4, 0.5) is 17.6 Å². The number of hydrogen-bond donors (Lipinski definition) is 2. The molecule has 0 saturated carbocycles. The van der Waals surface area contributed by atoms with Crippen molar-refractivity contribution in [2.45, 2.75) is 38.7 Å². The molecule has 0 saturated heterocycles. The molecule has 8 nitrogen and oxygen atoms in total. The monoisotopic (exact) mass is 473 g/mol. The molecule has 3 N–H and O–H groups in total. The minimum atomic E-state index is -4.72. The highest BCUT2D eigenvalue weighted by Crippen LogP contribution is 2.33. The number of halogens is 5. The van der Waals surface area contributed by atoms with Gasteiger partial charge in [0.05, 0.1) is 30.7 Å². The third-order valence-corrected chi connectivity index (χ3v) is 5.19. The van der Waals surface area contributed by atoms with E-state index in [0.717, 1.165) is 17.8 Å². The van der Waals surface area contributed by atoms with Crippen molar-refractivity contribution in [1.82, 2.24) is 25.3 Å². The molecule has 172 valence electrons. The maximum Gasteiger partial charge on any atom is 0.407 e. The first-order valence-electron chi connectivity index (χ1n) is 9.47. The molecule has 2 aromatic rings. The molecule has 0 radical (unpaired) electrons. The van der Waals surface area contributed by atoms with Crippen molar-refractivity contribution in [3.8, 4) is 0 Å². The van der Waals surface area contributed by atoms with Gasteiger partial charge in [0.15, 0.2) is 0 Å². The molecular formula is C19H20ClF4N7O. The summed E-state index contributed by atoms with van der Waals surface area (Å²) in [5.41, 5.74) is 9.31. The number of nitrogens with two attached hydrogens (primary N) is 1. The van der Waals surface area contributed by atoms with Gasteiger partial charge in [-0.25, -0.2) is 14.5 Å². The van der Waals surface area contributed by atoms with Gasteiger partial charge in [-0.3, -0.25) is 4.79 Å². The van der Waals surface area contributed by atoms with Crippen molar-refractivity contribution in [3.63, 3.8) is 0 Å². The van der Waals surface area contributed by atoms with Crippen molar-refractivity contribution < 1.29 is 22.4 Å². The van der Waals surface area contributed by atoms with Crippen LogP contribution in [0.5, 0.6) is 0 Å². The zero-order chi connectivity index (χ0) is 23.5. The highest BCUT2D eigenvalue weighted by atomic mass is 35.5. The van der Waals surface area contributed by atoms with Gasteiger partial charge in [-0.2, -0.15) is 18.3 Å². The van der Waals surface area contributed by atoms with Crippen molar-refractivity contribution in [2.75, 3.05) is 6.54 Å². The fourth-order valence-electron chi connectivity index (χ4n) is 3.45. The third kappa shape index (κ3) is 5.25. The van der Waals surface area contributed by atoms with Gasteiger partial charge in [0.2, 0.25) is 6.41 Å².